The van der Waals surface area contributed by atoms with Crippen LogP contribution in [0.25, 0.3) is 11.4 Å². The zero-order valence-corrected chi connectivity index (χ0v) is 9.55. The molecule has 0 radical (unpaired) electrons. The second-order valence-corrected chi connectivity index (χ2v) is 3.82. The van der Waals surface area contributed by atoms with Gasteiger partial charge in [-0.3, -0.25) is 0 Å². The molecule has 3 nitrogen and oxygen atoms in total. The molecule has 2 rings (SSSR count). The minimum Gasteiger partial charge on any atom is -0.198 e. The molecule has 0 fully saturated rings. The highest BCUT2D eigenvalue weighted by Gasteiger charge is 2.05. The van der Waals surface area contributed by atoms with Crippen molar-refractivity contribution in [2.45, 2.75) is 0 Å². The van der Waals surface area contributed by atoms with Crippen LogP contribution in [0.1, 0.15) is 0 Å². The first kappa shape index (κ1) is 10.6. The first-order valence-electron chi connectivity index (χ1n) is 3.98. The molecule has 0 atom stereocenters. The summed E-state index contributed by atoms with van der Waals surface area (Å²) in [5.74, 6) is 0.427. The predicted molar refractivity (Wildman–Crippen MR) is 60.3 cm³/mol. The van der Waals surface area contributed by atoms with E-state index in [9.17, 15) is 0 Å². The maximum atomic E-state index is 5.76. The Morgan fingerprint density at radius 2 is 1.27 bits per heavy atom. The Balaban J connectivity index is 2.49. The molecule has 0 amide bonds. The quantitative estimate of drug-likeness (QED) is 0.788. The molecule has 0 aliphatic carbocycles. The van der Waals surface area contributed by atoms with Crippen molar-refractivity contribution in [2.24, 2.45) is 0 Å². The average Bonchev–Trinajstić information content (AvgIpc) is 2.17. The number of nitrogens with zero attached hydrogens (tertiary/aromatic N) is 3. The van der Waals surface area contributed by atoms with Gasteiger partial charge in [0.05, 0.1) is 0 Å². The van der Waals surface area contributed by atoms with Crippen LogP contribution >= 0.6 is 34.8 Å². The number of halogens is 3. The van der Waals surface area contributed by atoms with Gasteiger partial charge in [-0.15, -0.1) is 0 Å². The van der Waals surface area contributed by atoms with E-state index in [1.54, 1.807) is 24.3 Å². The minimum atomic E-state index is 0.0694. The molecule has 0 spiro atoms. The monoisotopic (exact) mass is 259 g/mol. The van der Waals surface area contributed by atoms with Crippen LogP contribution in [0.15, 0.2) is 24.3 Å². The van der Waals surface area contributed by atoms with E-state index in [-0.39, 0.29) is 10.6 Å². The second kappa shape index (κ2) is 4.31. The molecule has 0 unspecified atom stereocenters. The summed E-state index contributed by atoms with van der Waals surface area (Å²) in [4.78, 5) is 11.6. The molecule has 2 aromatic rings. The van der Waals surface area contributed by atoms with E-state index in [1.165, 1.54) is 0 Å². The number of rotatable bonds is 1. The van der Waals surface area contributed by atoms with Crippen LogP contribution in [-0.4, -0.2) is 15.0 Å². The van der Waals surface area contributed by atoms with Gasteiger partial charge in [0.25, 0.3) is 0 Å². The fraction of sp³-hybridized carbons (Fsp3) is 0. The van der Waals surface area contributed by atoms with Gasteiger partial charge in [0.2, 0.25) is 10.6 Å². The molecule has 0 saturated heterocycles. The Hall–Kier alpha value is -0.900. The Morgan fingerprint density at radius 1 is 0.733 bits per heavy atom. The maximum Gasteiger partial charge on any atom is 0.227 e. The zero-order chi connectivity index (χ0) is 10.8. The molecule has 6 heteroatoms. The van der Waals surface area contributed by atoms with E-state index in [2.05, 4.69) is 15.0 Å². The van der Waals surface area contributed by atoms with E-state index in [0.717, 1.165) is 5.56 Å². The van der Waals surface area contributed by atoms with E-state index in [1.807, 2.05) is 0 Å². The third-order valence-corrected chi connectivity index (χ3v) is 2.27. The third kappa shape index (κ3) is 2.56. The van der Waals surface area contributed by atoms with E-state index < -0.39 is 0 Å². The molecule has 1 aromatic heterocycles. The van der Waals surface area contributed by atoms with Crippen molar-refractivity contribution in [1.82, 2.24) is 15.0 Å². The largest absolute Gasteiger partial charge is 0.227 e. The van der Waals surface area contributed by atoms with Crippen LogP contribution in [0.3, 0.4) is 0 Å². The van der Waals surface area contributed by atoms with Crippen LogP contribution in [0.4, 0.5) is 0 Å². The van der Waals surface area contributed by atoms with Crippen molar-refractivity contribution in [3.63, 3.8) is 0 Å². The molecule has 0 aliphatic rings. The number of hydrogen-bond acceptors (Lipinski definition) is 3. The fourth-order valence-electron chi connectivity index (χ4n) is 1.05. The first-order chi connectivity index (χ1) is 7.15. The third-order valence-electron chi connectivity index (χ3n) is 1.68. The lowest BCUT2D eigenvalue weighted by molar-refractivity contribution is 1.06. The van der Waals surface area contributed by atoms with Gasteiger partial charge in [0.1, 0.15) is 0 Å². The lowest BCUT2D eigenvalue weighted by atomic mass is 10.2. The highest BCUT2D eigenvalue weighted by atomic mass is 35.5. The molecule has 0 N–H and O–H groups in total. The summed E-state index contributed by atoms with van der Waals surface area (Å²) in [5, 5.41) is 0.782. The lowest BCUT2D eigenvalue weighted by Gasteiger charge is -2.00. The van der Waals surface area contributed by atoms with E-state index in [4.69, 9.17) is 34.8 Å². The number of aromatic nitrogens is 3. The van der Waals surface area contributed by atoms with Crippen LogP contribution < -0.4 is 0 Å². The van der Waals surface area contributed by atoms with Gasteiger partial charge in [0, 0.05) is 10.6 Å². The van der Waals surface area contributed by atoms with Crippen molar-refractivity contribution in [3.05, 3.63) is 39.9 Å². The SMILES string of the molecule is Clc1ccc(-c2nc(Cl)nc(Cl)n2)cc1. The number of hydrogen-bond donors (Lipinski definition) is 0. The molecule has 0 bridgehead atoms. The highest BCUT2D eigenvalue weighted by Crippen LogP contribution is 2.20. The smallest absolute Gasteiger partial charge is 0.198 e. The maximum absolute atomic E-state index is 5.76. The Kier molecular flexibility index (Phi) is 3.05. The Labute approximate surface area is 101 Å². The van der Waals surface area contributed by atoms with E-state index in [0.29, 0.717) is 10.8 Å². The zero-order valence-electron chi connectivity index (χ0n) is 7.28. The minimum absolute atomic E-state index is 0.0694. The molecule has 0 aliphatic heterocycles. The standard InChI is InChI=1S/C9H4Cl3N3/c10-6-3-1-5(2-4-6)7-13-8(11)15-9(12)14-7/h1-4H. The normalized spacial score (nSPS) is 10.3. The van der Waals surface area contributed by atoms with Crippen molar-refractivity contribution in [1.29, 1.82) is 0 Å². The number of benzene rings is 1. The summed E-state index contributed by atoms with van der Waals surface area (Å²) < 4.78 is 0. The molecule has 15 heavy (non-hydrogen) atoms. The van der Waals surface area contributed by atoms with Gasteiger partial charge in [-0.1, -0.05) is 11.6 Å². The van der Waals surface area contributed by atoms with Gasteiger partial charge >= 0.3 is 0 Å². The predicted octanol–water partition coefficient (Wildman–Crippen LogP) is 3.50. The van der Waals surface area contributed by atoms with Crippen molar-refractivity contribution >= 4 is 34.8 Å². The second-order valence-electron chi connectivity index (χ2n) is 2.70. The van der Waals surface area contributed by atoms with Gasteiger partial charge < -0.3 is 0 Å². The Morgan fingerprint density at radius 3 is 1.80 bits per heavy atom. The van der Waals surface area contributed by atoms with Crippen LogP contribution in [0, 0.1) is 0 Å². The van der Waals surface area contributed by atoms with Crippen molar-refractivity contribution < 1.29 is 0 Å². The molecular weight excluding hydrogens is 256 g/mol. The summed E-state index contributed by atoms with van der Waals surface area (Å²) in [6.07, 6.45) is 0. The summed E-state index contributed by atoms with van der Waals surface area (Å²) in [6.45, 7) is 0. The lowest BCUT2D eigenvalue weighted by Crippen LogP contribution is -1.93. The van der Waals surface area contributed by atoms with Crippen LogP contribution in [0.2, 0.25) is 15.6 Å². The van der Waals surface area contributed by atoms with Crippen molar-refractivity contribution in [2.75, 3.05) is 0 Å². The van der Waals surface area contributed by atoms with Crippen LogP contribution in [0.5, 0.6) is 0 Å². The van der Waals surface area contributed by atoms with Crippen molar-refractivity contribution in [3.8, 4) is 11.4 Å². The summed E-state index contributed by atoms with van der Waals surface area (Å²) in [5.41, 5.74) is 0.783. The van der Waals surface area contributed by atoms with Gasteiger partial charge in [0.15, 0.2) is 5.82 Å². The molecule has 0 saturated carbocycles. The first-order valence-corrected chi connectivity index (χ1v) is 5.11. The fourth-order valence-corrected chi connectivity index (χ4v) is 1.54. The molecule has 1 heterocycles. The summed E-state index contributed by atoms with van der Waals surface area (Å²) in [6, 6.07) is 7.04. The average molecular weight is 261 g/mol. The molecule has 1 aromatic carbocycles. The van der Waals surface area contributed by atoms with E-state index >= 15 is 0 Å². The highest BCUT2D eigenvalue weighted by molar-refractivity contribution is 6.31. The summed E-state index contributed by atoms with van der Waals surface area (Å²) >= 11 is 17.1. The molecule has 76 valence electrons. The summed E-state index contributed by atoms with van der Waals surface area (Å²) in [7, 11) is 0. The molecular formula is C9H4Cl3N3. The van der Waals surface area contributed by atoms with Gasteiger partial charge in [-0.05, 0) is 47.5 Å². The topological polar surface area (TPSA) is 38.7 Å². The Bertz CT molecular complexity index is 464. The van der Waals surface area contributed by atoms with Gasteiger partial charge in [-0.25, -0.2) is 0 Å². The van der Waals surface area contributed by atoms with Gasteiger partial charge in [-0.2, -0.15) is 15.0 Å². The van der Waals surface area contributed by atoms with Crippen LogP contribution in [-0.2, 0) is 0 Å².